The first-order chi connectivity index (χ1) is 14.6. The third-order valence-electron chi connectivity index (χ3n) is 4.44. The predicted octanol–water partition coefficient (Wildman–Crippen LogP) is 4.62. The number of carbonyl (C=O) groups is 2. The second-order valence-electron chi connectivity index (χ2n) is 6.90. The SMILES string of the molecule is CCCN(CCC)C(=O)c1cccc(NC(=O)c2cccc(OCCOCC)c2)c1. The Morgan fingerprint density at radius 3 is 2.30 bits per heavy atom. The zero-order chi connectivity index (χ0) is 21.8. The molecule has 1 N–H and O–H groups in total. The van der Waals surface area contributed by atoms with Crippen molar-refractivity contribution in [2.75, 3.05) is 38.2 Å². The highest BCUT2D eigenvalue weighted by Crippen LogP contribution is 2.17. The van der Waals surface area contributed by atoms with Crippen LogP contribution in [0.1, 0.15) is 54.3 Å². The van der Waals surface area contributed by atoms with Crippen molar-refractivity contribution in [1.82, 2.24) is 4.90 Å². The first-order valence-corrected chi connectivity index (χ1v) is 10.6. The Morgan fingerprint density at radius 2 is 1.60 bits per heavy atom. The average Bonchev–Trinajstić information content (AvgIpc) is 2.76. The number of ether oxygens (including phenoxy) is 2. The van der Waals surface area contributed by atoms with E-state index in [0.29, 0.717) is 42.4 Å². The summed E-state index contributed by atoms with van der Waals surface area (Å²) in [5, 5.41) is 2.87. The lowest BCUT2D eigenvalue weighted by atomic mass is 10.1. The molecular formula is C24H32N2O4. The number of amides is 2. The van der Waals surface area contributed by atoms with E-state index in [-0.39, 0.29) is 11.8 Å². The number of carbonyl (C=O) groups excluding carboxylic acids is 2. The Morgan fingerprint density at radius 1 is 0.900 bits per heavy atom. The average molecular weight is 413 g/mol. The van der Waals surface area contributed by atoms with E-state index in [1.165, 1.54) is 0 Å². The van der Waals surface area contributed by atoms with Crippen LogP contribution in [0.2, 0.25) is 0 Å². The smallest absolute Gasteiger partial charge is 0.255 e. The van der Waals surface area contributed by atoms with Crippen molar-refractivity contribution in [3.05, 3.63) is 59.7 Å². The van der Waals surface area contributed by atoms with Gasteiger partial charge in [-0.15, -0.1) is 0 Å². The summed E-state index contributed by atoms with van der Waals surface area (Å²) in [5.41, 5.74) is 1.64. The molecule has 0 heterocycles. The molecule has 2 aromatic rings. The highest BCUT2D eigenvalue weighted by molar-refractivity contribution is 6.05. The van der Waals surface area contributed by atoms with E-state index >= 15 is 0 Å². The molecule has 0 unspecified atom stereocenters. The molecule has 2 aromatic carbocycles. The molecule has 0 spiro atoms. The van der Waals surface area contributed by atoms with Crippen LogP contribution >= 0.6 is 0 Å². The maximum atomic E-state index is 12.8. The van der Waals surface area contributed by atoms with E-state index in [0.717, 1.165) is 25.9 Å². The third-order valence-corrected chi connectivity index (χ3v) is 4.44. The fourth-order valence-electron chi connectivity index (χ4n) is 3.06. The van der Waals surface area contributed by atoms with Gasteiger partial charge in [0.05, 0.1) is 6.61 Å². The second-order valence-corrected chi connectivity index (χ2v) is 6.90. The van der Waals surface area contributed by atoms with Gasteiger partial charge in [-0.3, -0.25) is 9.59 Å². The van der Waals surface area contributed by atoms with E-state index in [4.69, 9.17) is 9.47 Å². The number of anilines is 1. The summed E-state index contributed by atoms with van der Waals surface area (Å²) in [4.78, 5) is 27.3. The van der Waals surface area contributed by atoms with Crippen molar-refractivity contribution in [3.63, 3.8) is 0 Å². The molecule has 0 aliphatic carbocycles. The number of nitrogens with one attached hydrogen (secondary N) is 1. The van der Waals surface area contributed by atoms with Crippen LogP contribution < -0.4 is 10.1 Å². The van der Waals surface area contributed by atoms with Crippen LogP contribution in [0.4, 0.5) is 5.69 Å². The lowest BCUT2D eigenvalue weighted by Crippen LogP contribution is -2.32. The minimum absolute atomic E-state index is 0.0144. The van der Waals surface area contributed by atoms with Crippen molar-refractivity contribution < 1.29 is 19.1 Å². The Hall–Kier alpha value is -2.86. The van der Waals surface area contributed by atoms with Gasteiger partial charge in [0.25, 0.3) is 11.8 Å². The predicted molar refractivity (Wildman–Crippen MR) is 119 cm³/mol. The van der Waals surface area contributed by atoms with Crippen molar-refractivity contribution in [3.8, 4) is 5.75 Å². The van der Waals surface area contributed by atoms with Crippen LogP contribution in [0, 0.1) is 0 Å². The van der Waals surface area contributed by atoms with Gasteiger partial charge < -0.3 is 19.7 Å². The van der Waals surface area contributed by atoms with E-state index < -0.39 is 0 Å². The largest absolute Gasteiger partial charge is 0.491 e. The Labute approximate surface area is 179 Å². The summed E-state index contributed by atoms with van der Waals surface area (Å²) in [6, 6.07) is 14.1. The molecule has 6 heteroatoms. The Balaban J connectivity index is 2.05. The standard InChI is InChI=1S/C24H32N2O4/c1-4-13-26(14-5-2)24(28)20-10-7-11-21(17-20)25-23(27)19-9-8-12-22(18-19)30-16-15-29-6-3/h7-12,17-18H,4-6,13-16H2,1-3H3,(H,25,27). The first kappa shape index (κ1) is 23.4. The lowest BCUT2D eigenvalue weighted by molar-refractivity contribution is 0.0755. The van der Waals surface area contributed by atoms with Crippen LogP contribution in [-0.2, 0) is 4.74 Å². The van der Waals surface area contributed by atoms with Gasteiger partial charge in [-0.2, -0.15) is 0 Å². The molecule has 6 nitrogen and oxygen atoms in total. The van der Waals surface area contributed by atoms with Gasteiger partial charge in [-0.25, -0.2) is 0 Å². The van der Waals surface area contributed by atoms with Crippen LogP contribution in [0.25, 0.3) is 0 Å². The monoisotopic (exact) mass is 412 g/mol. The molecule has 30 heavy (non-hydrogen) atoms. The highest BCUT2D eigenvalue weighted by atomic mass is 16.5. The summed E-state index contributed by atoms with van der Waals surface area (Å²) >= 11 is 0. The summed E-state index contributed by atoms with van der Waals surface area (Å²) in [5.74, 6) is 0.342. The Bertz CT molecular complexity index is 816. The normalized spacial score (nSPS) is 10.5. The molecule has 0 saturated heterocycles. The molecule has 2 amide bonds. The maximum Gasteiger partial charge on any atom is 0.255 e. The molecule has 0 aliphatic rings. The number of benzene rings is 2. The minimum atomic E-state index is -0.256. The molecule has 0 saturated carbocycles. The number of nitrogens with zero attached hydrogens (tertiary/aromatic N) is 1. The summed E-state index contributed by atoms with van der Waals surface area (Å²) < 4.78 is 10.9. The molecule has 0 aliphatic heterocycles. The van der Waals surface area contributed by atoms with E-state index in [1.54, 1.807) is 48.5 Å². The summed E-state index contributed by atoms with van der Waals surface area (Å²) in [6.07, 6.45) is 1.82. The first-order valence-electron chi connectivity index (χ1n) is 10.6. The van der Waals surface area contributed by atoms with Crippen molar-refractivity contribution in [1.29, 1.82) is 0 Å². The highest BCUT2D eigenvalue weighted by Gasteiger charge is 2.15. The van der Waals surface area contributed by atoms with E-state index in [1.807, 2.05) is 11.8 Å². The topological polar surface area (TPSA) is 67.9 Å². The summed E-state index contributed by atoms with van der Waals surface area (Å²) in [6.45, 7) is 9.05. The van der Waals surface area contributed by atoms with Gasteiger partial charge in [-0.05, 0) is 56.2 Å². The number of hydrogen-bond donors (Lipinski definition) is 1. The third kappa shape index (κ3) is 7.19. The molecule has 2 rings (SSSR count). The van der Waals surface area contributed by atoms with Crippen molar-refractivity contribution in [2.24, 2.45) is 0 Å². The zero-order valence-corrected chi connectivity index (χ0v) is 18.1. The Kier molecular flexibility index (Phi) is 9.87. The van der Waals surface area contributed by atoms with Crippen LogP contribution in [0.3, 0.4) is 0 Å². The fourth-order valence-corrected chi connectivity index (χ4v) is 3.06. The molecule has 0 aromatic heterocycles. The van der Waals surface area contributed by atoms with Gasteiger partial charge >= 0.3 is 0 Å². The molecular weight excluding hydrogens is 380 g/mol. The number of rotatable bonds is 12. The zero-order valence-electron chi connectivity index (χ0n) is 18.1. The second kappa shape index (κ2) is 12.6. The van der Waals surface area contributed by atoms with E-state index in [9.17, 15) is 9.59 Å². The van der Waals surface area contributed by atoms with Crippen molar-refractivity contribution >= 4 is 17.5 Å². The van der Waals surface area contributed by atoms with Crippen LogP contribution in [0.15, 0.2) is 48.5 Å². The quantitative estimate of drug-likeness (QED) is 0.517. The van der Waals surface area contributed by atoms with Gasteiger partial charge in [0, 0.05) is 36.5 Å². The molecule has 0 fully saturated rings. The van der Waals surface area contributed by atoms with Crippen LogP contribution in [-0.4, -0.2) is 49.6 Å². The fraction of sp³-hybridized carbons (Fsp3) is 0.417. The van der Waals surface area contributed by atoms with Gasteiger partial charge in [0.1, 0.15) is 12.4 Å². The molecule has 0 atom stereocenters. The summed E-state index contributed by atoms with van der Waals surface area (Å²) in [7, 11) is 0. The van der Waals surface area contributed by atoms with Crippen molar-refractivity contribution in [2.45, 2.75) is 33.6 Å². The maximum absolute atomic E-state index is 12.8. The lowest BCUT2D eigenvalue weighted by Gasteiger charge is -2.21. The molecule has 0 radical (unpaired) electrons. The van der Waals surface area contributed by atoms with Gasteiger partial charge in [0.15, 0.2) is 0 Å². The number of hydrogen-bond acceptors (Lipinski definition) is 4. The molecule has 162 valence electrons. The van der Waals surface area contributed by atoms with Gasteiger partial charge in [0.2, 0.25) is 0 Å². The van der Waals surface area contributed by atoms with E-state index in [2.05, 4.69) is 19.2 Å². The molecule has 0 bridgehead atoms. The van der Waals surface area contributed by atoms with Gasteiger partial charge in [-0.1, -0.05) is 26.0 Å². The van der Waals surface area contributed by atoms with Crippen LogP contribution in [0.5, 0.6) is 5.75 Å². The minimum Gasteiger partial charge on any atom is -0.491 e.